The number of hydrogen-bond donors (Lipinski definition) is 1. The van der Waals surface area contributed by atoms with E-state index in [1.165, 1.54) is 12.8 Å². The second-order valence-electron chi connectivity index (χ2n) is 6.32. The molecule has 3 unspecified atom stereocenters. The first-order valence-electron chi connectivity index (χ1n) is 7.39. The van der Waals surface area contributed by atoms with E-state index in [0.717, 1.165) is 22.5 Å². The molecule has 0 saturated carbocycles. The largest absolute Gasteiger partial charge is 0.394 e. The van der Waals surface area contributed by atoms with Gasteiger partial charge in [0.25, 0.3) is 0 Å². The van der Waals surface area contributed by atoms with Crippen LogP contribution in [0.1, 0.15) is 19.8 Å². The molecule has 0 aromatic carbocycles. The zero-order valence-corrected chi connectivity index (χ0v) is 15.1. The van der Waals surface area contributed by atoms with Crippen LogP contribution in [-0.4, -0.2) is 58.2 Å². The minimum atomic E-state index is -0.307. The third-order valence-electron chi connectivity index (χ3n) is 4.77. The topological polar surface area (TPSA) is 39.6 Å². The van der Waals surface area contributed by atoms with Crippen LogP contribution in [0.4, 0.5) is 5.82 Å². The van der Waals surface area contributed by atoms with Crippen molar-refractivity contribution < 1.29 is 5.11 Å². The number of piperazine rings is 1. The van der Waals surface area contributed by atoms with E-state index in [0.29, 0.717) is 18.0 Å². The molecule has 2 aliphatic heterocycles. The second kappa shape index (κ2) is 6.18. The van der Waals surface area contributed by atoms with Gasteiger partial charge in [-0.1, -0.05) is 0 Å². The van der Waals surface area contributed by atoms with Crippen molar-refractivity contribution in [1.82, 2.24) is 9.88 Å². The smallest absolute Gasteiger partial charge is 0.128 e. The number of pyridine rings is 1. The Kier molecular flexibility index (Phi) is 4.64. The molecule has 0 aliphatic carbocycles. The van der Waals surface area contributed by atoms with Crippen molar-refractivity contribution in [2.75, 3.05) is 30.5 Å². The number of aliphatic hydroxyl groups excluding tert-OH is 1. The van der Waals surface area contributed by atoms with E-state index in [2.05, 4.69) is 56.4 Å². The molecule has 6 heteroatoms. The standard InChI is InChI=1S/C15H21ClIN3O/c1-15(9-16,10-21)20-12-3-4-13(20)8-19(7-12)14-5-2-11(17)6-18-14/h2,5-6,12-13,21H,3-4,7-10H2,1H3. The molecule has 0 radical (unpaired) electrons. The molecule has 0 spiro atoms. The Morgan fingerprint density at radius 2 is 2.05 bits per heavy atom. The van der Waals surface area contributed by atoms with Gasteiger partial charge >= 0.3 is 0 Å². The fourth-order valence-corrected chi connectivity index (χ4v) is 4.26. The molecule has 3 atom stereocenters. The highest BCUT2D eigenvalue weighted by atomic mass is 127. The Morgan fingerprint density at radius 3 is 2.52 bits per heavy atom. The summed E-state index contributed by atoms with van der Waals surface area (Å²) < 4.78 is 1.16. The highest BCUT2D eigenvalue weighted by Gasteiger charge is 2.48. The van der Waals surface area contributed by atoms with E-state index in [-0.39, 0.29) is 12.1 Å². The maximum absolute atomic E-state index is 9.76. The van der Waals surface area contributed by atoms with Gasteiger partial charge in [-0.2, -0.15) is 0 Å². The summed E-state index contributed by atoms with van der Waals surface area (Å²) in [5.74, 6) is 1.53. The number of halogens is 2. The van der Waals surface area contributed by atoms with Gasteiger partial charge in [-0.15, -0.1) is 11.6 Å². The first-order chi connectivity index (χ1) is 10.1. The van der Waals surface area contributed by atoms with Gasteiger partial charge in [0.2, 0.25) is 0 Å². The van der Waals surface area contributed by atoms with Gasteiger partial charge in [0, 0.05) is 40.8 Å². The molecule has 3 rings (SSSR count). The number of alkyl halides is 1. The Labute approximate surface area is 144 Å². The third-order valence-corrected chi connectivity index (χ3v) is 5.98. The van der Waals surface area contributed by atoms with Crippen LogP contribution in [0.25, 0.3) is 0 Å². The van der Waals surface area contributed by atoms with Crippen LogP contribution in [0.5, 0.6) is 0 Å². The van der Waals surface area contributed by atoms with Gasteiger partial charge in [0.05, 0.1) is 12.1 Å². The molecular weight excluding hydrogens is 401 g/mol. The van der Waals surface area contributed by atoms with E-state index in [4.69, 9.17) is 11.6 Å². The van der Waals surface area contributed by atoms with Gasteiger partial charge in [-0.25, -0.2) is 4.98 Å². The van der Waals surface area contributed by atoms with Crippen molar-refractivity contribution in [3.63, 3.8) is 0 Å². The summed E-state index contributed by atoms with van der Waals surface area (Å²) in [5, 5.41) is 9.76. The second-order valence-corrected chi connectivity index (χ2v) is 7.83. The average molecular weight is 422 g/mol. The predicted molar refractivity (Wildman–Crippen MR) is 94.0 cm³/mol. The number of anilines is 1. The maximum atomic E-state index is 9.76. The molecule has 3 heterocycles. The van der Waals surface area contributed by atoms with Crippen LogP contribution in [0.15, 0.2) is 18.3 Å². The minimum absolute atomic E-state index is 0.116. The van der Waals surface area contributed by atoms with Crippen molar-refractivity contribution in [2.24, 2.45) is 0 Å². The van der Waals surface area contributed by atoms with Gasteiger partial charge in [0.15, 0.2) is 0 Å². The van der Waals surface area contributed by atoms with E-state index in [1.54, 1.807) is 0 Å². The summed E-state index contributed by atoms with van der Waals surface area (Å²) in [6.45, 7) is 4.13. The molecule has 1 aromatic heterocycles. The molecule has 1 aromatic rings. The number of aliphatic hydroxyl groups is 1. The summed E-state index contributed by atoms with van der Waals surface area (Å²) in [4.78, 5) is 9.39. The van der Waals surface area contributed by atoms with Gasteiger partial charge in [-0.05, 0) is 54.5 Å². The summed E-state index contributed by atoms with van der Waals surface area (Å²) in [5.41, 5.74) is -0.307. The Morgan fingerprint density at radius 1 is 1.38 bits per heavy atom. The van der Waals surface area contributed by atoms with Crippen LogP contribution in [0, 0.1) is 3.57 Å². The molecule has 116 valence electrons. The van der Waals surface area contributed by atoms with Crippen LogP contribution in [0.3, 0.4) is 0 Å². The lowest BCUT2D eigenvalue weighted by Crippen LogP contribution is -2.64. The first-order valence-corrected chi connectivity index (χ1v) is 9.00. The van der Waals surface area contributed by atoms with E-state index >= 15 is 0 Å². The summed E-state index contributed by atoms with van der Waals surface area (Å²) in [7, 11) is 0. The minimum Gasteiger partial charge on any atom is -0.394 e. The zero-order chi connectivity index (χ0) is 15.0. The number of rotatable bonds is 4. The molecule has 2 saturated heterocycles. The van der Waals surface area contributed by atoms with E-state index in [1.807, 2.05) is 6.20 Å². The summed E-state index contributed by atoms with van der Waals surface area (Å²) >= 11 is 8.42. The van der Waals surface area contributed by atoms with Crippen LogP contribution in [-0.2, 0) is 0 Å². The van der Waals surface area contributed by atoms with Gasteiger partial charge < -0.3 is 10.0 Å². The molecular formula is C15H21ClIN3O. The Balaban J connectivity index is 1.79. The highest BCUT2D eigenvalue weighted by Crippen LogP contribution is 2.37. The number of aromatic nitrogens is 1. The van der Waals surface area contributed by atoms with Crippen molar-refractivity contribution in [3.05, 3.63) is 21.9 Å². The average Bonchev–Trinajstić information content (AvgIpc) is 2.78. The predicted octanol–water partition coefficient (Wildman–Crippen LogP) is 2.33. The van der Waals surface area contributed by atoms with Gasteiger partial charge in [-0.3, -0.25) is 4.90 Å². The normalized spacial score (nSPS) is 28.7. The molecule has 2 fully saturated rings. The van der Waals surface area contributed by atoms with Crippen molar-refractivity contribution in [2.45, 2.75) is 37.4 Å². The molecule has 4 nitrogen and oxygen atoms in total. The summed E-state index contributed by atoms with van der Waals surface area (Å²) in [6, 6.07) is 5.12. The SMILES string of the molecule is CC(CO)(CCl)N1C2CCC1CN(c1ccc(I)cn1)C2. The zero-order valence-electron chi connectivity index (χ0n) is 12.2. The lowest BCUT2D eigenvalue weighted by Gasteiger charge is -2.49. The third kappa shape index (κ3) is 2.90. The Bertz CT molecular complexity index is 480. The lowest BCUT2D eigenvalue weighted by molar-refractivity contribution is 0.0117. The van der Waals surface area contributed by atoms with E-state index in [9.17, 15) is 5.11 Å². The quantitative estimate of drug-likeness (QED) is 0.598. The van der Waals surface area contributed by atoms with Crippen LogP contribution < -0.4 is 4.90 Å². The number of hydrogen-bond acceptors (Lipinski definition) is 4. The fraction of sp³-hybridized carbons (Fsp3) is 0.667. The fourth-order valence-electron chi connectivity index (χ4n) is 3.72. The van der Waals surface area contributed by atoms with Crippen LogP contribution in [0.2, 0.25) is 0 Å². The highest BCUT2D eigenvalue weighted by molar-refractivity contribution is 14.1. The first kappa shape index (κ1) is 15.8. The molecule has 0 amide bonds. The van der Waals surface area contributed by atoms with Crippen molar-refractivity contribution in [1.29, 1.82) is 0 Å². The lowest BCUT2D eigenvalue weighted by atomic mass is 9.98. The van der Waals surface area contributed by atoms with Crippen molar-refractivity contribution >= 4 is 40.0 Å². The Hall–Kier alpha value is -0.110. The maximum Gasteiger partial charge on any atom is 0.128 e. The van der Waals surface area contributed by atoms with Crippen LogP contribution >= 0.6 is 34.2 Å². The van der Waals surface area contributed by atoms with Gasteiger partial charge in [0.1, 0.15) is 5.82 Å². The van der Waals surface area contributed by atoms with E-state index < -0.39 is 0 Å². The molecule has 2 bridgehead atoms. The number of fused-ring (bicyclic) bond motifs is 2. The molecule has 2 aliphatic rings. The molecule has 1 N–H and O–H groups in total. The number of nitrogens with zero attached hydrogens (tertiary/aromatic N) is 3. The summed E-state index contributed by atoms with van der Waals surface area (Å²) in [6.07, 6.45) is 4.27. The van der Waals surface area contributed by atoms with Crippen molar-refractivity contribution in [3.8, 4) is 0 Å². The molecule has 21 heavy (non-hydrogen) atoms. The monoisotopic (exact) mass is 421 g/mol.